The molecule has 0 atom stereocenters. The summed E-state index contributed by atoms with van der Waals surface area (Å²) in [6.07, 6.45) is -4.75. The lowest BCUT2D eigenvalue weighted by Crippen LogP contribution is -2.16. The fraction of sp³-hybridized carbons (Fsp3) is 0.185. The molecule has 1 N–H and O–H groups in total. The summed E-state index contributed by atoms with van der Waals surface area (Å²) in [5.41, 5.74) is 1.38. The highest BCUT2D eigenvalue weighted by Gasteiger charge is 2.35. The number of hydrogen-bond donors (Lipinski definition) is 1. The predicted molar refractivity (Wildman–Crippen MR) is 135 cm³/mol. The Labute approximate surface area is 219 Å². The van der Waals surface area contributed by atoms with Crippen LogP contribution in [-0.2, 0) is 12.7 Å². The van der Waals surface area contributed by atoms with Crippen molar-refractivity contribution < 1.29 is 27.1 Å². The summed E-state index contributed by atoms with van der Waals surface area (Å²) >= 11 is 0. The molecule has 0 fully saturated rings. The highest BCUT2D eigenvalue weighted by atomic mass is 19.4. The monoisotopic (exact) mass is 538 g/mol. The number of aryl methyl sites for hydroxylation is 1. The molecule has 0 bridgehead atoms. The number of aromatic nitrogens is 5. The van der Waals surface area contributed by atoms with Crippen molar-refractivity contribution in [2.45, 2.75) is 26.6 Å². The number of anilines is 1. The van der Waals surface area contributed by atoms with Crippen molar-refractivity contribution in [2.75, 3.05) is 12.4 Å². The van der Waals surface area contributed by atoms with Gasteiger partial charge in [-0.05, 0) is 61.9 Å². The Morgan fingerprint density at radius 1 is 1.00 bits per heavy atom. The largest absolute Gasteiger partial charge is 0.497 e. The zero-order chi connectivity index (χ0) is 27.9. The molecule has 0 aliphatic heterocycles. The first-order chi connectivity index (χ1) is 18.5. The van der Waals surface area contributed by atoms with Gasteiger partial charge in [0.2, 0.25) is 0 Å². The Kier molecular flexibility index (Phi) is 6.54. The van der Waals surface area contributed by atoms with Crippen LogP contribution < -0.4 is 10.1 Å². The second kappa shape index (κ2) is 9.86. The fourth-order valence-corrected chi connectivity index (χ4v) is 4.17. The van der Waals surface area contributed by atoms with E-state index >= 15 is 0 Å². The quantitative estimate of drug-likeness (QED) is 0.281. The third kappa shape index (κ3) is 5.17. The number of alkyl halides is 3. The first-order valence-electron chi connectivity index (χ1n) is 11.8. The van der Waals surface area contributed by atoms with Gasteiger partial charge in [-0.1, -0.05) is 12.1 Å². The molecule has 0 radical (unpaired) electrons. The van der Waals surface area contributed by atoms with Crippen LogP contribution in [0.2, 0.25) is 0 Å². The maximum absolute atomic E-state index is 14.0. The van der Waals surface area contributed by atoms with E-state index in [1.54, 1.807) is 54.9 Å². The molecule has 5 rings (SSSR count). The Hall–Kier alpha value is -4.74. The van der Waals surface area contributed by atoms with E-state index in [1.807, 2.05) is 0 Å². The molecule has 3 aromatic heterocycles. The summed E-state index contributed by atoms with van der Waals surface area (Å²) < 4.78 is 62.5. The van der Waals surface area contributed by atoms with Gasteiger partial charge < -0.3 is 10.1 Å². The zero-order valence-corrected chi connectivity index (χ0v) is 21.0. The maximum Gasteiger partial charge on any atom is 0.433 e. The number of hydrogen-bond acceptors (Lipinski definition) is 5. The van der Waals surface area contributed by atoms with Crippen LogP contribution >= 0.6 is 0 Å². The number of carbonyl (C=O) groups is 1. The lowest BCUT2D eigenvalue weighted by molar-refractivity contribution is -0.142. The van der Waals surface area contributed by atoms with E-state index < -0.39 is 17.8 Å². The van der Waals surface area contributed by atoms with Gasteiger partial charge in [-0.3, -0.25) is 9.48 Å². The van der Waals surface area contributed by atoms with Gasteiger partial charge in [-0.25, -0.2) is 13.9 Å². The Morgan fingerprint density at radius 2 is 1.69 bits per heavy atom. The third-order valence-electron chi connectivity index (χ3n) is 6.20. The Morgan fingerprint density at radius 3 is 2.33 bits per heavy atom. The molecule has 12 heteroatoms. The molecule has 8 nitrogen and oxygen atoms in total. The van der Waals surface area contributed by atoms with Crippen molar-refractivity contribution in [3.8, 4) is 17.0 Å². The van der Waals surface area contributed by atoms with Crippen LogP contribution in [0.4, 0.5) is 23.2 Å². The number of fused-ring (bicyclic) bond motifs is 1. The number of ether oxygens (including phenoxy) is 1. The minimum Gasteiger partial charge on any atom is -0.497 e. The molecular weight excluding hydrogens is 516 g/mol. The molecule has 2 aromatic carbocycles. The van der Waals surface area contributed by atoms with Crippen LogP contribution in [0.25, 0.3) is 16.9 Å². The van der Waals surface area contributed by atoms with Crippen molar-refractivity contribution in [1.82, 2.24) is 24.4 Å². The molecule has 0 spiro atoms. The summed E-state index contributed by atoms with van der Waals surface area (Å²) in [7, 11) is 1.49. The maximum atomic E-state index is 14.0. The summed E-state index contributed by atoms with van der Waals surface area (Å²) in [6, 6.07) is 14.5. The molecule has 5 aromatic rings. The average Bonchev–Trinajstić information content (AvgIpc) is 3.45. The van der Waals surface area contributed by atoms with E-state index in [2.05, 4.69) is 20.5 Å². The number of carbonyl (C=O) groups excluding carboxylic acids is 1. The Bertz CT molecular complexity index is 1670. The molecule has 0 saturated carbocycles. The zero-order valence-electron chi connectivity index (χ0n) is 21.0. The van der Waals surface area contributed by atoms with Gasteiger partial charge in [-0.2, -0.15) is 23.4 Å². The molecule has 3 heterocycles. The molecule has 1 amide bonds. The second-order valence-corrected chi connectivity index (χ2v) is 8.84. The van der Waals surface area contributed by atoms with E-state index in [0.29, 0.717) is 39.4 Å². The lowest BCUT2D eigenvalue weighted by atomic mass is 10.1. The van der Waals surface area contributed by atoms with Gasteiger partial charge in [0.15, 0.2) is 17.0 Å². The molecule has 200 valence electrons. The Balaban J connectivity index is 1.47. The third-order valence-corrected chi connectivity index (χ3v) is 6.20. The molecule has 39 heavy (non-hydrogen) atoms. The molecule has 0 saturated heterocycles. The van der Waals surface area contributed by atoms with Crippen molar-refractivity contribution >= 4 is 17.2 Å². The minimum atomic E-state index is -4.75. The SMILES string of the molecule is COc1ccc(-c2cc(C(F)(F)F)n3nc(C(=O)Nc4c(C)nn(Cc5ccc(F)cc5)c4C)cc3n2)cc1. The second-order valence-electron chi connectivity index (χ2n) is 8.84. The highest BCUT2D eigenvalue weighted by Crippen LogP contribution is 2.33. The summed E-state index contributed by atoms with van der Waals surface area (Å²) in [6.45, 7) is 3.77. The van der Waals surface area contributed by atoms with Crippen molar-refractivity contribution in [3.63, 3.8) is 0 Å². The average molecular weight is 539 g/mol. The van der Waals surface area contributed by atoms with Gasteiger partial charge in [0.1, 0.15) is 11.6 Å². The van der Waals surface area contributed by atoms with Crippen molar-refractivity contribution in [1.29, 1.82) is 0 Å². The van der Waals surface area contributed by atoms with E-state index in [4.69, 9.17) is 4.74 Å². The number of halogens is 4. The number of rotatable bonds is 6. The number of amides is 1. The van der Waals surface area contributed by atoms with E-state index in [0.717, 1.165) is 11.6 Å². The van der Waals surface area contributed by atoms with E-state index in [-0.39, 0.29) is 22.9 Å². The van der Waals surface area contributed by atoms with Crippen LogP contribution in [-0.4, -0.2) is 37.4 Å². The number of nitrogens with one attached hydrogen (secondary N) is 1. The minimum absolute atomic E-state index is 0.0677. The number of nitrogens with zero attached hydrogens (tertiary/aromatic N) is 5. The lowest BCUT2D eigenvalue weighted by Gasteiger charge is -2.11. The van der Waals surface area contributed by atoms with Crippen LogP contribution in [0.1, 0.15) is 33.1 Å². The molecule has 0 aliphatic carbocycles. The van der Waals surface area contributed by atoms with Crippen molar-refractivity contribution in [2.24, 2.45) is 0 Å². The predicted octanol–water partition coefficient (Wildman–Crippen LogP) is 5.68. The topological polar surface area (TPSA) is 86.3 Å². The molecule has 0 unspecified atom stereocenters. The highest BCUT2D eigenvalue weighted by molar-refractivity contribution is 6.04. The van der Waals surface area contributed by atoms with Gasteiger partial charge in [0.25, 0.3) is 5.91 Å². The van der Waals surface area contributed by atoms with Crippen LogP contribution in [0.3, 0.4) is 0 Å². The summed E-state index contributed by atoms with van der Waals surface area (Å²) in [5.74, 6) is -0.523. The van der Waals surface area contributed by atoms with Crippen LogP contribution in [0.15, 0.2) is 60.7 Å². The molecule has 0 aliphatic rings. The fourth-order valence-electron chi connectivity index (χ4n) is 4.17. The van der Waals surface area contributed by atoms with Crippen molar-refractivity contribution in [3.05, 3.63) is 94.8 Å². The van der Waals surface area contributed by atoms with E-state index in [1.165, 1.54) is 25.3 Å². The normalized spacial score (nSPS) is 11.7. The first-order valence-corrected chi connectivity index (χ1v) is 11.8. The first kappa shape index (κ1) is 25.9. The van der Waals surface area contributed by atoms with Crippen LogP contribution in [0.5, 0.6) is 5.75 Å². The standard InChI is InChI=1S/C27H22F4N6O2/c1-15-25(16(2)36(34-15)14-17-4-8-19(28)9-5-17)33-26(38)22-13-24-32-21(18-6-10-20(39-3)11-7-18)12-23(27(29,30)31)37(24)35-22/h4-13H,14H2,1-3H3,(H,33,38). The van der Waals surface area contributed by atoms with Gasteiger partial charge >= 0.3 is 6.18 Å². The van der Waals surface area contributed by atoms with Gasteiger partial charge in [0.05, 0.1) is 36.4 Å². The van der Waals surface area contributed by atoms with E-state index in [9.17, 15) is 22.4 Å². The summed E-state index contributed by atoms with van der Waals surface area (Å²) in [4.78, 5) is 17.4. The van der Waals surface area contributed by atoms with Gasteiger partial charge in [0, 0.05) is 11.6 Å². The number of benzene rings is 2. The number of methoxy groups -OCH3 is 1. The van der Waals surface area contributed by atoms with Crippen LogP contribution in [0, 0.1) is 19.7 Å². The molecular formula is C27H22F4N6O2. The summed E-state index contributed by atoms with van der Waals surface area (Å²) in [5, 5.41) is 11.1. The van der Waals surface area contributed by atoms with Gasteiger partial charge in [-0.15, -0.1) is 0 Å². The smallest absolute Gasteiger partial charge is 0.433 e.